The number of rotatable bonds is 7. The number of nitrogens with zero attached hydrogens (tertiary/aromatic N) is 1. The van der Waals surface area contributed by atoms with Crippen molar-refractivity contribution in [2.45, 2.75) is 13.8 Å². The van der Waals surface area contributed by atoms with E-state index in [1.54, 1.807) is 31.2 Å². The molecule has 0 unspecified atom stereocenters. The van der Waals surface area contributed by atoms with Crippen molar-refractivity contribution >= 4 is 11.8 Å². The lowest BCUT2D eigenvalue weighted by atomic mass is 10.1. The summed E-state index contributed by atoms with van der Waals surface area (Å²) in [6, 6.07) is 15.9. The van der Waals surface area contributed by atoms with Crippen LogP contribution in [0.25, 0.3) is 11.5 Å². The lowest BCUT2D eigenvalue weighted by Crippen LogP contribution is -2.15. The summed E-state index contributed by atoms with van der Waals surface area (Å²) in [5.74, 6) is 0.344. The number of benzene rings is 2. The van der Waals surface area contributed by atoms with Crippen molar-refractivity contribution in [3.8, 4) is 17.2 Å². The predicted molar refractivity (Wildman–Crippen MR) is 98.9 cm³/mol. The molecule has 0 aliphatic carbocycles. The number of Topliss-reactive ketones (excluding diaryl/α,β-unsaturated/α-hetero) is 1. The molecule has 2 aromatic carbocycles. The van der Waals surface area contributed by atoms with Crippen LogP contribution in [0.2, 0.25) is 0 Å². The summed E-state index contributed by atoms with van der Waals surface area (Å²) in [5.41, 5.74) is 1.26. The second-order valence-electron chi connectivity index (χ2n) is 5.75. The van der Waals surface area contributed by atoms with Crippen LogP contribution >= 0.6 is 0 Å². The topological polar surface area (TPSA) is 78.6 Å². The number of esters is 1. The van der Waals surface area contributed by atoms with Crippen molar-refractivity contribution < 1.29 is 23.5 Å². The van der Waals surface area contributed by atoms with Crippen molar-refractivity contribution in [3.05, 3.63) is 71.6 Å². The predicted octanol–water partition coefficient (Wildman–Crippen LogP) is 4.09. The van der Waals surface area contributed by atoms with Crippen LogP contribution in [0.15, 0.2) is 59.0 Å². The summed E-state index contributed by atoms with van der Waals surface area (Å²) in [6.07, 6.45) is 0. The van der Waals surface area contributed by atoms with Gasteiger partial charge in [-0.25, -0.2) is 9.78 Å². The molecule has 138 valence electrons. The third kappa shape index (κ3) is 4.41. The highest BCUT2D eigenvalue weighted by molar-refractivity contribution is 5.99. The van der Waals surface area contributed by atoms with Crippen LogP contribution in [-0.4, -0.2) is 30.0 Å². The maximum Gasteiger partial charge on any atom is 0.361 e. The zero-order valence-corrected chi connectivity index (χ0v) is 15.1. The van der Waals surface area contributed by atoms with Crippen LogP contribution in [0.3, 0.4) is 0 Å². The number of hydrogen-bond acceptors (Lipinski definition) is 6. The normalized spacial score (nSPS) is 10.4. The van der Waals surface area contributed by atoms with Gasteiger partial charge in [0.25, 0.3) is 0 Å². The van der Waals surface area contributed by atoms with Crippen LogP contribution in [0, 0.1) is 6.92 Å². The number of aromatic nitrogens is 1. The zero-order chi connectivity index (χ0) is 19.2. The number of carbonyl (C=O) groups excluding carboxylic acids is 2. The Balaban J connectivity index is 1.64. The molecule has 0 atom stereocenters. The van der Waals surface area contributed by atoms with E-state index in [0.29, 0.717) is 29.6 Å². The number of oxazole rings is 1. The van der Waals surface area contributed by atoms with Crippen molar-refractivity contribution in [1.29, 1.82) is 0 Å². The van der Waals surface area contributed by atoms with E-state index >= 15 is 0 Å². The molecule has 0 amide bonds. The van der Waals surface area contributed by atoms with E-state index in [9.17, 15) is 9.59 Å². The average molecular weight is 365 g/mol. The van der Waals surface area contributed by atoms with E-state index in [0.717, 1.165) is 5.56 Å². The molecule has 6 nitrogen and oxygen atoms in total. The Morgan fingerprint density at radius 2 is 1.74 bits per heavy atom. The van der Waals surface area contributed by atoms with Gasteiger partial charge in [0.15, 0.2) is 18.1 Å². The molecular weight excluding hydrogens is 346 g/mol. The second kappa shape index (κ2) is 8.31. The molecule has 0 fully saturated rings. The molecule has 0 aliphatic rings. The van der Waals surface area contributed by atoms with Gasteiger partial charge >= 0.3 is 5.97 Å². The Morgan fingerprint density at radius 1 is 1.04 bits per heavy atom. The number of aryl methyl sites for hydroxylation is 1. The first kappa shape index (κ1) is 18.4. The second-order valence-corrected chi connectivity index (χ2v) is 5.75. The van der Waals surface area contributed by atoms with Crippen molar-refractivity contribution in [2.24, 2.45) is 0 Å². The lowest BCUT2D eigenvalue weighted by Gasteiger charge is -2.05. The van der Waals surface area contributed by atoms with Crippen LogP contribution in [0.1, 0.15) is 33.5 Å². The van der Waals surface area contributed by atoms with Gasteiger partial charge in [0.1, 0.15) is 11.5 Å². The fourth-order valence-electron chi connectivity index (χ4n) is 2.48. The summed E-state index contributed by atoms with van der Waals surface area (Å²) < 4.78 is 16.0. The van der Waals surface area contributed by atoms with Crippen molar-refractivity contribution in [2.75, 3.05) is 13.2 Å². The van der Waals surface area contributed by atoms with E-state index in [1.165, 1.54) is 0 Å². The molecule has 1 aromatic heterocycles. The molecule has 0 spiro atoms. The third-order valence-electron chi connectivity index (χ3n) is 3.83. The monoisotopic (exact) mass is 365 g/mol. The number of carbonyl (C=O) groups is 2. The summed E-state index contributed by atoms with van der Waals surface area (Å²) in [6.45, 7) is 3.69. The maximum absolute atomic E-state index is 12.3. The van der Waals surface area contributed by atoms with Gasteiger partial charge in [-0.05, 0) is 50.2 Å². The Bertz CT molecular complexity index is 929. The number of hydrogen-bond donors (Lipinski definition) is 0. The summed E-state index contributed by atoms with van der Waals surface area (Å²) in [5, 5.41) is 0. The highest BCUT2D eigenvalue weighted by atomic mass is 16.5. The number of ether oxygens (including phenoxy) is 2. The molecule has 0 saturated carbocycles. The quantitative estimate of drug-likeness (QED) is 0.463. The lowest BCUT2D eigenvalue weighted by molar-refractivity contribution is 0.0468. The Hall–Kier alpha value is -3.41. The van der Waals surface area contributed by atoms with Gasteiger partial charge in [0.2, 0.25) is 5.89 Å². The minimum Gasteiger partial charge on any atom is -0.494 e. The van der Waals surface area contributed by atoms with Gasteiger partial charge in [0.05, 0.1) is 6.61 Å². The smallest absolute Gasteiger partial charge is 0.361 e. The van der Waals surface area contributed by atoms with E-state index in [4.69, 9.17) is 13.9 Å². The van der Waals surface area contributed by atoms with Gasteiger partial charge in [-0.1, -0.05) is 18.2 Å². The van der Waals surface area contributed by atoms with Gasteiger partial charge < -0.3 is 13.9 Å². The fraction of sp³-hybridized carbons (Fsp3) is 0.190. The van der Waals surface area contributed by atoms with Crippen LogP contribution < -0.4 is 4.74 Å². The minimum absolute atomic E-state index is 0.0633. The Kier molecular flexibility index (Phi) is 5.66. The first-order valence-electron chi connectivity index (χ1n) is 8.54. The molecule has 1 heterocycles. The number of ketones is 1. The molecule has 3 aromatic rings. The van der Waals surface area contributed by atoms with E-state index in [2.05, 4.69) is 4.98 Å². The Labute approximate surface area is 156 Å². The van der Waals surface area contributed by atoms with Crippen LogP contribution in [-0.2, 0) is 4.74 Å². The van der Waals surface area contributed by atoms with Gasteiger partial charge in [-0.2, -0.15) is 0 Å². The molecule has 0 saturated heterocycles. The van der Waals surface area contributed by atoms with E-state index in [1.807, 2.05) is 37.3 Å². The SMILES string of the molecule is CCOc1ccc(C(=O)COC(=O)c2nc(-c3ccccc3)oc2C)cc1. The van der Waals surface area contributed by atoms with E-state index < -0.39 is 5.97 Å². The average Bonchev–Trinajstić information content (AvgIpc) is 3.09. The molecule has 3 rings (SSSR count). The molecule has 0 radical (unpaired) electrons. The Morgan fingerprint density at radius 3 is 2.41 bits per heavy atom. The van der Waals surface area contributed by atoms with Crippen molar-refractivity contribution in [3.63, 3.8) is 0 Å². The standard InChI is InChI=1S/C21H19NO5/c1-3-25-17-11-9-15(10-12-17)18(23)13-26-21(24)19-14(2)27-20(22-19)16-7-5-4-6-8-16/h4-12H,3,13H2,1-2H3. The van der Waals surface area contributed by atoms with Gasteiger partial charge in [0, 0.05) is 11.1 Å². The first-order valence-corrected chi connectivity index (χ1v) is 8.54. The molecule has 6 heteroatoms. The van der Waals surface area contributed by atoms with Crippen LogP contribution in [0.4, 0.5) is 0 Å². The van der Waals surface area contributed by atoms with Gasteiger partial charge in [-0.3, -0.25) is 4.79 Å². The van der Waals surface area contributed by atoms with E-state index in [-0.39, 0.29) is 18.1 Å². The van der Waals surface area contributed by atoms with Crippen LogP contribution in [0.5, 0.6) is 5.75 Å². The minimum atomic E-state index is -0.697. The van der Waals surface area contributed by atoms with Gasteiger partial charge in [-0.15, -0.1) is 0 Å². The molecule has 0 N–H and O–H groups in total. The third-order valence-corrected chi connectivity index (χ3v) is 3.83. The zero-order valence-electron chi connectivity index (χ0n) is 15.1. The summed E-state index contributed by atoms with van der Waals surface area (Å²) in [7, 11) is 0. The first-order chi connectivity index (χ1) is 13.1. The fourth-order valence-corrected chi connectivity index (χ4v) is 2.48. The molecule has 27 heavy (non-hydrogen) atoms. The molecular formula is C21H19NO5. The highest BCUT2D eigenvalue weighted by Crippen LogP contribution is 2.22. The highest BCUT2D eigenvalue weighted by Gasteiger charge is 2.20. The molecule has 0 aliphatic heterocycles. The molecule has 0 bridgehead atoms. The van der Waals surface area contributed by atoms with Crippen molar-refractivity contribution in [1.82, 2.24) is 4.98 Å². The largest absolute Gasteiger partial charge is 0.494 e. The summed E-state index contributed by atoms with van der Waals surface area (Å²) in [4.78, 5) is 28.7. The summed E-state index contributed by atoms with van der Waals surface area (Å²) >= 11 is 0. The maximum atomic E-state index is 12.3.